The van der Waals surface area contributed by atoms with Gasteiger partial charge in [-0.1, -0.05) is 13.8 Å². The predicted octanol–water partition coefficient (Wildman–Crippen LogP) is 5.28. The van der Waals surface area contributed by atoms with Crippen LogP contribution in [0.15, 0.2) is 24.3 Å². The van der Waals surface area contributed by atoms with Crippen molar-refractivity contribution in [1.82, 2.24) is 34.7 Å². The fourth-order valence-corrected chi connectivity index (χ4v) is 5.82. The molecule has 0 aromatic carbocycles. The van der Waals surface area contributed by atoms with E-state index in [1.165, 1.54) is 31.0 Å². The van der Waals surface area contributed by atoms with Gasteiger partial charge in [0.2, 0.25) is 0 Å². The number of anilines is 1. The summed E-state index contributed by atoms with van der Waals surface area (Å²) in [6.45, 7) is 10.3. The molecule has 47 heavy (non-hydrogen) atoms. The van der Waals surface area contributed by atoms with Gasteiger partial charge in [0.25, 0.3) is 5.91 Å². The molecular weight excluding hydrogens is 609 g/mol. The van der Waals surface area contributed by atoms with Crippen molar-refractivity contribution in [3.63, 3.8) is 0 Å². The van der Waals surface area contributed by atoms with E-state index in [2.05, 4.69) is 42.2 Å². The summed E-state index contributed by atoms with van der Waals surface area (Å²) in [5.74, 6) is 1.33. The molecule has 0 N–H and O–H groups in total. The fourth-order valence-electron chi connectivity index (χ4n) is 5.82. The zero-order valence-electron chi connectivity index (χ0n) is 27.7. The van der Waals surface area contributed by atoms with E-state index in [9.17, 15) is 18.0 Å². The number of piperazine rings is 1. The Balaban J connectivity index is 0.000000348. The smallest absolute Gasteiger partial charge is 0.318 e. The van der Waals surface area contributed by atoms with Crippen LogP contribution in [0.3, 0.4) is 0 Å². The fraction of sp³-hybridized carbons (Fsp3) is 0.529. The van der Waals surface area contributed by atoms with Gasteiger partial charge in [-0.2, -0.15) is 9.97 Å². The number of ether oxygens (including phenoxy) is 1. The number of fused-ring (bicyclic) bond motifs is 2. The quantitative estimate of drug-likeness (QED) is 0.260. The van der Waals surface area contributed by atoms with E-state index < -0.39 is 23.7 Å². The largest absolute Gasteiger partial charge is 0.467 e. The Hall–Kier alpha value is -4.31. The molecule has 3 unspecified atom stereocenters. The Morgan fingerprint density at radius 1 is 1.19 bits per heavy atom. The molecule has 3 atom stereocenters. The normalized spacial score (nSPS) is 20.0. The number of carbonyl (C=O) groups excluding carboxylic acids is 1. The maximum atomic E-state index is 14.8. The molecule has 1 amide bonds. The van der Waals surface area contributed by atoms with Crippen LogP contribution in [0.1, 0.15) is 69.6 Å². The third-order valence-electron chi connectivity index (χ3n) is 8.55. The minimum atomic E-state index is -0.886. The first-order valence-electron chi connectivity index (χ1n) is 16.0. The topological polar surface area (TPSA) is 100 Å². The van der Waals surface area contributed by atoms with Crippen molar-refractivity contribution in [2.45, 2.75) is 71.5 Å². The third kappa shape index (κ3) is 8.74. The van der Waals surface area contributed by atoms with E-state index in [4.69, 9.17) is 4.74 Å². The third-order valence-corrected chi connectivity index (χ3v) is 8.55. The molecule has 3 fully saturated rings. The summed E-state index contributed by atoms with van der Waals surface area (Å²) in [4.78, 5) is 39.5. The number of aromatic nitrogens is 5. The highest BCUT2D eigenvalue weighted by atomic mass is 19.1. The Labute approximate surface area is 274 Å². The number of amides is 1. The molecule has 3 saturated heterocycles. The lowest BCUT2D eigenvalue weighted by Crippen LogP contribution is -2.49. The molecule has 252 valence electrons. The van der Waals surface area contributed by atoms with Crippen LogP contribution in [-0.4, -0.2) is 99.2 Å². The molecular formula is C34H43F3N8O2. The number of halogens is 3. The van der Waals surface area contributed by atoms with Gasteiger partial charge >= 0.3 is 6.01 Å². The van der Waals surface area contributed by atoms with Crippen LogP contribution in [0.5, 0.6) is 6.01 Å². The number of pyridine rings is 1. The van der Waals surface area contributed by atoms with Crippen LogP contribution in [0, 0.1) is 25.1 Å². The highest BCUT2D eigenvalue weighted by molar-refractivity contribution is 5.95. The van der Waals surface area contributed by atoms with Gasteiger partial charge < -0.3 is 14.5 Å². The summed E-state index contributed by atoms with van der Waals surface area (Å²) < 4.78 is 47.2. The summed E-state index contributed by atoms with van der Waals surface area (Å²) in [5, 5.41) is 0.445. The number of rotatable bonds is 6. The maximum Gasteiger partial charge on any atom is 0.318 e. The van der Waals surface area contributed by atoms with Crippen LogP contribution in [-0.2, 0) is 4.79 Å². The minimum Gasteiger partial charge on any atom is -0.467 e. The predicted molar refractivity (Wildman–Crippen MR) is 176 cm³/mol. The van der Waals surface area contributed by atoms with Crippen molar-refractivity contribution in [3.8, 4) is 18.4 Å². The van der Waals surface area contributed by atoms with Crippen molar-refractivity contribution >= 4 is 28.7 Å². The average Bonchev–Trinajstić information content (AvgIpc) is 3.67. The maximum absolute atomic E-state index is 14.8. The van der Waals surface area contributed by atoms with E-state index in [1.54, 1.807) is 26.1 Å². The summed E-state index contributed by atoms with van der Waals surface area (Å²) in [6, 6.07) is 2.21. The van der Waals surface area contributed by atoms with Crippen LogP contribution in [0.25, 0.3) is 17.0 Å². The number of nitrogens with zero attached hydrogens (tertiary/aromatic N) is 8. The number of hydrogen-bond donors (Lipinski definition) is 0. The lowest BCUT2D eigenvalue weighted by molar-refractivity contribution is -0.128. The average molecular weight is 653 g/mol. The zero-order chi connectivity index (χ0) is 34.1. The van der Waals surface area contributed by atoms with Crippen molar-refractivity contribution in [1.29, 1.82) is 0 Å². The second kappa shape index (κ2) is 16.5. The summed E-state index contributed by atoms with van der Waals surface area (Å²) in [5.41, 5.74) is 0.694. The molecule has 3 aliphatic rings. The van der Waals surface area contributed by atoms with Crippen molar-refractivity contribution in [3.05, 3.63) is 47.3 Å². The standard InChI is InChI=1S/C24H27F2N7O2.C7H12FN.C3H4/c1-5-14(2)21-27-7-6-16(29-21)12-18(25)23(34)33-10-8-32(9-11-33)22-17-13-28-15(3)19(26)20(17)30-24(31-22)35-4;8-6-4-7-2-1-3-9(7)5-6;1-3-2/h6-7,12-14H,5,8-11H2,1-4H3;6-7H,1-5H2;1H,2H3/b18-12+;;. The summed E-state index contributed by atoms with van der Waals surface area (Å²) >= 11 is 0. The number of hydrogen-bond acceptors (Lipinski definition) is 9. The molecule has 0 spiro atoms. The summed E-state index contributed by atoms with van der Waals surface area (Å²) in [7, 11) is 1.41. The van der Waals surface area contributed by atoms with E-state index in [-0.39, 0.29) is 36.2 Å². The van der Waals surface area contributed by atoms with Crippen LogP contribution < -0.4 is 9.64 Å². The number of terminal acetylenes is 1. The molecule has 3 aromatic rings. The Morgan fingerprint density at radius 2 is 1.91 bits per heavy atom. The molecule has 0 saturated carbocycles. The Bertz CT molecular complexity index is 1590. The Kier molecular flexibility index (Phi) is 12.5. The molecule has 0 bridgehead atoms. The second-order valence-electron chi connectivity index (χ2n) is 11.8. The minimum absolute atomic E-state index is 0.0334. The van der Waals surface area contributed by atoms with Crippen molar-refractivity contribution < 1.29 is 22.7 Å². The first-order valence-corrected chi connectivity index (χ1v) is 16.0. The Morgan fingerprint density at radius 3 is 2.57 bits per heavy atom. The highest BCUT2D eigenvalue weighted by Gasteiger charge is 2.34. The van der Waals surface area contributed by atoms with Gasteiger partial charge in [0.1, 0.15) is 23.3 Å². The number of carbonyl (C=O) groups is 1. The number of methoxy groups -OCH3 is 1. The number of aryl methyl sites for hydroxylation is 1. The zero-order valence-corrected chi connectivity index (χ0v) is 27.7. The molecule has 3 aromatic heterocycles. The van der Waals surface area contributed by atoms with Crippen LogP contribution >= 0.6 is 0 Å². The lowest BCUT2D eigenvalue weighted by Gasteiger charge is -2.35. The van der Waals surface area contributed by atoms with Gasteiger partial charge in [-0.15, -0.1) is 12.3 Å². The van der Waals surface area contributed by atoms with Gasteiger partial charge in [-0.3, -0.25) is 14.7 Å². The van der Waals surface area contributed by atoms with Gasteiger partial charge in [0.15, 0.2) is 11.6 Å². The molecule has 13 heteroatoms. The SMILES string of the molecule is C#CC.CCC(C)c1nccc(/C=C(/F)C(=O)N2CCN(c3nc(OC)nc4c(F)c(C)ncc34)CC2)n1.FC1CC2CCCN2C1. The summed E-state index contributed by atoms with van der Waals surface area (Å²) in [6.07, 6.45) is 12.5. The van der Waals surface area contributed by atoms with E-state index in [0.29, 0.717) is 48.4 Å². The monoisotopic (exact) mass is 652 g/mol. The molecule has 3 aliphatic heterocycles. The van der Waals surface area contributed by atoms with Crippen LogP contribution in [0.2, 0.25) is 0 Å². The van der Waals surface area contributed by atoms with Gasteiger partial charge in [0.05, 0.1) is 23.9 Å². The molecule has 10 nitrogen and oxygen atoms in total. The van der Waals surface area contributed by atoms with Crippen LogP contribution in [0.4, 0.5) is 19.0 Å². The second-order valence-corrected chi connectivity index (χ2v) is 11.8. The van der Waals surface area contributed by atoms with Crippen molar-refractivity contribution in [2.24, 2.45) is 0 Å². The first kappa shape index (κ1) is 35.5. The van der Waals surface area contributed by atoms with Crippen molar-refractivity contribution in [2.75, 3.05) is 51.3 Å². The van der Waals surface area contributed by atoms with E-state index in [1.807, 2.05) is 18.7 Å². The highest BCUT2D eigenvalue weighted by Crippen LogP contribution is 2.30. The molecule has 6 heterocycles. The van der Waals surface area contributed by atoms with Gasteiger partial charge in [-0.25, -0.2) is 23.1 Å². The van der Waals surface area contributed by atoms with Gasteiger partial charge in [-0.05, 0) is 52.1 Å². The van der Waals surface area contributed by atoms with E-state index in [0.717, 1.165) is 25.5 Å². The molecule has 6 rings (SSSR count). The lowest BCUT2D eigenvalue weighted by atomic mass is 10.1. The first-order chi connectivity index (χ1) is 22.6. The molecule has 0 radical (unpaired) electrons. The molecule has 0 aliphatic carbocycles. The number of alkyl halides is 1. The van der Waals surface area contributed by atoms with E-state index >= 15 is 0 Å². The van der Waals surface area contributed by atoms with Gasteiger partial charge in [0, 0.05) is 63.2 Å².